The van der Waals surface area contributed by atoms with E-state index in [1.165, 1.54) is 0 Å². The van der Waals surface area contributed by atoms with Gasteiger partial charge in [0.15, 0.2) is 0 Å². The predicted molar refractivity (Wildman–Crippen MR) is 112 cm³/mol. The van der Waals surface area contributed by atoms with Crippen LogP contribution in [0.5, 0.6) is 0 Å². The molecule has 4 rings (SSSR count). The Morgan fingerprint density at radius 2 is 2.03 bits per heavy atom. The number of nitrogens with zero attached hydrogens (tertiary/aromatic N) is 4. The smallest absolute Gasteiger partial charge is 0.240 e. The highest BCUT2D eigenvalue weighted by Crippen LogP contribution is 2.26. The van der Waals surface area contributed by atoms with E-state index in [-0.39, 0.29) is 17.7 Å². The van der Waals surface area contributed by atoms with Crippen LogP contribution in [0.25, 0.3) is 11.3 Å². The van der Waals surface area contributed by atoms with Crippen molar-refractivity contribution in [2.45, 2.75) is 18.9 Å². The number of rotatable bonds is 5. The van der Waals surface area contributed by atoms with Gasteiger partial charge in [0.2, 0.25) is 5.91 Å². The summed E-state index contributed by atoms with van der Waals surface area (Å²) >= 11 is 0. The summed E-state index contributed by atoms with van der Waals surface area (Å²) in [5.41, 5.74) is 15.6. The number of hydrogen-bond acceptors (Lipinski definition) is 7. The third-order valence-corrected chi connectivity index (χ3v) is 5.08. The molecule has 1 saturated heterocycles. The van der Waals surface area contributed by atoms with E-state index in [1.54, 1.807) is 36.9 Å². The summed E-state index contributed by atoms with van der Waals surface area (Å²) in [6, 6.07) is 8.82. The van der Waals surface area contributed by atoms with Crippen LogP contribution >= 0.6 is 0 Å². The lowest BCUT2D eigenvalue weighted by Crippen LogP contribution is -2.40. The summed E-state index contributed by atoms with van der Waals surface area (Å²) < 4.78 is 0. The van der Waals surface area contributed by atoms with Gasteiger partial charge in [0, 0.05) is 30.1 Å². The molecule has 4 heterocycles. The van der Waals surface area contributed by atoms with E-state index >= 15 is 0 Å². The first-order chi connectivity index (χ1) is 14.0. The first kappa shape index (κ1) is 18.5. The van der Waals surface area contributed by atoms with Crippen molar-refractivity contribution < 1.29 is 4.79 Å². The molecule has 3 aromatic rings. The van der Waals surface area contributed by atoms with Gasteiger partial charge < -0.3 is 16.4 Å². The lowest BCUT2D eigenvalue weighted by molar-refractivity contribution is -0.119. The number of hydrogen-bond donors (Lipinski definition) is 3. The largest absolute Gasteiger partial charge is 0.397 e. The zero-order valence-corrected chi connectivity index (χ0v) is 15.7. The third kappa shape index (κ3) is 3.64. The molecule has 8 nitrogen and oxygen atoms in total. The van der Waals surface area contributed by atoms with Crippen LogP contribution in [0.15, 0.2) is 55.1 Å². The summed E-state index contributed by atoms with van der Waals surface area (Å²) in [5, 5.41) is 8.58. The minimum Gasteiger partial charge on any atom is -0.397 e. The zero-order chi connectivity index (χ0) is 20.4. The molecule has 1 aliphatic rings. The van der Waals surface area contributed by atoms with Gasteiger partial charge in [-0.2, -0.15) is 0 Å². The van der Waals surface area contributed by atoms with Crippen molar-refractivity contribution in [2.24, 2.45) is 5.73 Å². The topological polar surface area (TPSA) is 135 Å². The maximum atomic E-state index is 11.6. The Kier molecular flexibility index (Phi) is 4.90. The van der Waals surface area contributed by atoms with E-state index in [9.17, 15) is 4.79 Å². The number of pyridine rings is 3. The molecule has 0 radical (unpaired) electrons. The van der Waals surface area contributed by atoms with Gasteiger partial charge in [0.25, 0.3) is 0 Å². The van der Waals surface area contributed by atoms with Crippen LogP contribution in [0, 0.1) is 5.41 Å². The zero-order valence-electron chi connectivity index (χ0n) is 15.7. The number of anilines is 2. The maximum absolute atomic E-state index is 11.6. The van der Waals surface area contributed by atoms with Gasteiger partial charge in [0.05, 0.1) is 40.9 Å². The van der Waals surface area contributed by atoms with E-state index in [0.29, 0.717) is 22.6 Å². The first-order valence-electron chi connectivity index (χ1n) is 9.32. The Bertz CT molecular complexity index is 1050. The number of aromatic nitrogens is 3. The number of amides is 1. The van der Waals surface area contributed by atoms with Gasteiger partial charge in [-0.05, 0) is 43.2 Å². The SMILES string of the molecule is N=C(c1ccc(N2CCCC2C(N)=O)cn1)c1cc(-c2cccnc2)ncc1N. The van der Waals surface area contributed by atoms with Crippen molar-refractivity contribution in [2.75, 3.05) is 17.2 Å². The van der Waals surface area contributed by atoms with E-state index in [0.717, 1.165) is 30.6 Å². The first-order valence-corrected chi connectivity index (χ1v) is 9.32. The van der Waals surface area contributed by atoms with Gasteiger partial charge in [-0.15, -0.1) is 0 Å². The molecule has 0 aliphatic carbocycles. The fraction of sp³-hybridized carbons (Fsp3) is 0.190. The van der Waals surface area contributed by atoms with Crippen LogP contribution < -0.4 is 16.4 Å². The number of carbonyl (C=O) groups is 1. The van der Waals surface area contributed by atoms with Crippen molar-refractivity contribution in [1.82, 2.24) is 15.0 Å². The van der Waals surface area contributed by atoms with Gasteiger partial charge in [-0.3, -0.25) is 25.2 Å². The normalized spacial score (nSPS) is 16.0. The van der Waals surface area contributed by atoms with Gasteiger partial charge in [-0.1, -0.05) is 0 Å². The summed E-state index contributed by atoms with van der Waals surface area (Å²) in [5.74, 6) is -0.327. The molecular formula is C21H21N7O. The van der Waals surface area contributed by atoms with Gasteiger partial charge >= 0.3 is 0 Å². The highest BCUT2D eigenvalue weighted by Gasteiger charge is 2.29. The number of carbonyl (C=O) groups excluding carboxylic acids is 1. The molecule has 1 aliphatic heterocycles. The highest BCUT2D eigenvalue weighted by atomic mass is 16.1. The van der Waals surface area contributed by atoms with Crippen LogP contribution in [-0.4, -0.2) is 39.2 Å². The fourth-order valence-electron chi connectivity index (χ4n) is 3.57. The standard InChI is InChI=1S/C21H21N7O/c22-16-12-27-18(13-3-1-7-25-10-13)9-15(16)20(23)17-6-5-14(11-26-17)28-8-2-4-19(28)21(24)29/h1,3,5-7,9-12,19,23H,2,4,8,22H2,(H2,24,29). The molecule has 0 saturated carbocycles. The second-order valence-electron chi connectivity index (χ2n) is 6.93. The maximum Gasteiger partial charge on any atom is 0.240 e. The Morgan fingerprint density at radius 1 is 1.17 bits per heavy atom. The lowest BCUT2D eigenvalue weighted by Gasteiger charge is -2.24. The molecule has 0 spiro atoms. The van der Waals surface area contributed by atoms with Crippen LogP contribution in [0.1, 0.15) is 24.1 Å². The molecule has 1 atom stereocenters. The molecule has 1 unspecified atom stereocenters. The van der Waals surface area contributed by atoms with Crippen molar-refractivity contribution in [3.05, 3.63) is 66.4 Å². The average molecular weight is 387 g/mol. The Balaban J connectivity index is 1.61. The molecular weight excluding hydrogens is 366 g/mol. The molecule has 8 heteroatoms. The van der Waals surface area contributed by atoms with Crippen molar-refractivity contribution in [1.29, 1.82) is 5.41 Å². The molecule has 29 heavy (non-hydrogen) atoms. The van der Waals surface area contributed by atoms with E-state index < -0.39 is 0 Å². The molecule has 5 N–H and O–H groups in total. The third-order valence-electron chi connectivity index (χ3n) is 5.08. The molecule has 1 amide bonds. The number of nitrogens with one attached hydrogen (secondary N) is 1. The lowest BCUT2D eigenvalue weighted by atomic mass is 10.0. The number of nitrogen functional groups attached to an aromatic ring is 1. The molecule has 0 aromatic carbocycles. The molecule has 146 valence electrons. The summed E-state index contributed by atoms with van der Waals surface area (Å²) in [4.78, 5) is 26.5. The molecule has 3 aromatic heterocycles. The Labute approximate surface area is 168 Å². The minimum absolute atomic E-state index is 0.203. The van der Waals surface area contributed by atoms with Crippen LogP contribution in [0.4, 0.5) is 11.4 Å². The van der Waals surface area contributed by atoms with E-state index in [2.05, 4.69) is 15.0 Å². The van der Waals surface area contributed by atoms with Crippen molar-refractivity contribution in [3.8, 4) is 11.3 Å². The van der Waals surface area contributed by atoms with Crippen molar-refractivity contribution in [3.63, 3.8) is 0 Å². The molecule has 0 bridgehead atoms. The second kappa shape index (κ2) is 7.67. The van der Waals surface area contributed by atoms with E-state index in [4.69, 9.17) is 16.9 Å². The second-order valence-corrected chi connectivity index (χ2v) is 6.93. The quantitative estimate of drug-likeness (QED) is 0.573. The van der Waals surface area contributed by atoms with Crippen LogP contribution in [-0.2, 0) is 4.79 Å². The Hall–Kier alpha value is -3.81. The summed E-state index contributed by atoms with van der Waals surface area (Å²) in [6.45, 7) is 0.762. The van der Waals surface area contributed by atoms with Crippen LogP contribution in [0.3, 0.4) is 0 Å². The summed E-state index contributed by atoms with van der Waals surface area (Å²) in [7, 11) is 0. The van der Waals surface area contributed by atoms with E-state index in [1.807, 2.05) is 23.1 Å². The summed E-state index contributed by atoms with van der Waals surface area (Å²) in [6.07, 6.45) is 8.28. The van der Waals surface area contributed by atoms with Crippen LogP contribution in [0.2, 0.25) is 0 Å². The monoisotopic (exact) mass is 387 g/mol. The van der Waals surface area contributed by atoms with Gasteiger partial charge in [0.1, 0.15) is 6.04 Å². The fourth-order valence-corrected chi connectivity index (χ4v) is 3.57. The average Bonchev–Trinajstić information content (AvgIpc) is 3.25. The van der Waals surface area contributed by atoms with Crippen molar-refractivity contribution >= 4 is 23.0 Å². The Morgan fingerprint density at radius 3 is 2.72 bits per heavy atom. The highest BCUT2D eigenvalue weighted by molar-refractivity contribution is 6.13. The van der Waals surface area contributed by atoms with Gasteiger partial charge in [-0.25, -0.2) is 0 Å². The number of primary amides is 1. The molecule has 1 fully saturated rings. The number of nitrogens with two attached hydrogens (primary N) is 2. The minimum atomic E-state index is -0.327. The predicted octanol–water partition coefficient (Wildman–Crippen LogP) is 1.99.